The van der Waals surface area contributed by atoms with Gasteiger partial charge in [-0.15, -0.1) is 0 Å². The summed E-state index contributed by atoms with van der Waals surface area (Å²) in [5.41, 5.74) is 1.97. The lowest BCUT2D eigenvalue weighted by atomic mass is 10.1. The highest BCUT2D eigenvalue weighted by Gasteiger charge is 2.15. The lowest BCUT2D eigenvalue weighted by molar-refractivity contribution is 0.582. The number of benzene rings is 1. The summed E-state index contributed by atoms with van der Waals surface area (Å²) >= 11 is 5.96. The maximum atomic E-state index is 12.1. The first-order valence-corrected chi connectivity index (χ1v) is 7.99. The molecule has 0 aromatic heterocycles. The van der Waals surface area contributed by atoms with E-state index in [1.165, 1.54) is 6.07 Å². The van der Waals surface area contributed by atoms with Crippen LogP contribution in [0.1, 0.15) is 12.0 Å². The number of hydrogen-bond acceptors (Lipinski definition) is 3. The highest BCUT2D eigenvalue weighted by atomic mass is 35.5. The second kappa shape index (κ2) is 6.05. The standard InChI is InChI=1S/C13H17ClN2O2S/c1-10-2-3-12(8-13(10)14)19(17,18)16-9-11-4-6-15-7-5-11/h2-4,8,15-16H,5-7,9H2,1H3. The van der Waals surface area contributed by atoms with Gasteiger partial charge in [-0.3, -0.25) is 0 Å². The molecule has 0 spiro atoms. The van der Waals surface area contributed by atoms with Gasteiger partial charge in [0.1, 0.15) is 0 Å². The summed E-state index contributed by atoms with van der Waals surface area (Å²) in [7, 11) is -3.49. The van der Waals surface area contributed by atoms with Gasteiger partial charge in [-0.25, -0.2) is 13.1 Å². The van der Waals surface area contributed by atoms with E-state index in [1.807, 2.05) is 13.0 Å². The van der Waals surface area contributed by atoms with Gasteiger partial charge in [0.25, 0.3) is 0 Å². The molecule has 1 heterocycles. The molecular formula is C13H17ClN2O2S. The van der Waals surface area contributed by atoms with E-state index in [1.54, 1.807) is 12.1 Å². The van der Waals surface area contributed by atoms with Crippen LogP contribution in [0.2, 0.25) is 5.02 Å². The van der Waals surface area contributed by atoms with Gasteiger partial charge in [0.2, 0.25) is 10.0 Å². The molecule has 4 nitrogen and oxygen atoms in total. The number of aryl methyl sites for hydroxylation is 1. The van der Waals surface area contributed by atoms with Gasteiger partial charge in [0.15, 0.2) is 0 Å². The van der Waals surface area contributed by atoms with Gasteiger partial charge >= 0.3 is 0 Å². The second-order valence-corrected chi connectivity index (χ2v) is 6.73. The molecule has 0 atom stereocenters. The van der Waals surface area contributed by atoms with E-state index in [0.29, 0.717) is 11.6 Å². The van der Waals surface area contributed by atoms with Crippen molar-refractivity contribution in [2.24, 2.45) is 0 Å². The van der Waals surface area contributed by atoms with E-state index in [9.17, 15) is 8.42 Å². The van der Waals surface area contributed by atoms with Gasteiger partial charge in [0.05, 0.1) is 4.90 Å². The first kappa shape index (κ1) is 14.5. The number of nitrogens with one attached hydrogen (secondary N) is 2. The molecule has 0 bridgehead atoms. The molecule has 0 amide bonds. The quantitative estimate of drug-likeness (QED) is 0.834. The number of hydrogen-bond donors (Lipinski definition) is 2. The summed E-state index contributed by atoms with van der Waals surface area (Å²) in [6, 6.07) is 4.76. The Hall–Kier alpha value is -0.880. The van der Waals surface area contributed by atoms with E-state index in [0.717, 1.165) is 30.6 Å². The Morgan fingerprint density at radius 3 is 2.84 bits per heavy atom. The third kappa shape index (κ3) is 3.79. The minimum atomic E-state index is -3.49. The minimum Gasteiger partial charge on any atom is -0.313 e. The summed E-state index contributed by atoms with van der Waals surface area (Å²) in [5.74, 6) is 0. The van der Waals surface area contributed by atoms with Crippen LogP contribution in [0.4, 0.5) is 0 Å². The van der Waals surface area contributed by atoms with E-state index in [4.69, 9.17) is 11.6 Å². The van der Waals surface area contributed by atoms with Crippen molar-refractivity contribution < 1.29 is 8.42 Å². The van der Waals surface area contributed by atoms with Gasteiger partial charge in [-0.05, 0) is 37.6 Å². The van der Waals surface area contributed by atoms with Crippen molar-refractivity contribution in [2.45, 2.75) is 18.2 Å². The van der Waals surface area contributed by atoms with Crippen molar-refractivity contribution in [3.05, 3.63) is 40.4 Å². The highest BCUT2D eigenvalue weighted by Crippen LogP contribution is 2.20. The molecule has 0 aliphatic carbocycles. The molecule has 2 N–H and O–H groups in total. The molecule has 0 fully saturated rings. The van der Waals surface area contributed by atoms with Crippen molar-refractivity contribution in [1.82, 2.24) is 10.0 Å². The highest BCUT2D eigenvalue weighted by molar-refractivity contribution is 7.89. The van der Waals surface area contributed by atoms with E-state index < -0.39 is 10.0 Å². The van der Waals surface area contributed by atoms with Crippen LogP contribution in [0.5, 0.6) is 0 Å². The second-order valence-electron chi connectivity index (χ2n) is 4.55. The Morgan fingerprint density at radius 2 is 2.21 bits per heavy atom. The SMILES string of the molecule is Cc1ccc(S(=O)(=O)NCC2=CCNCC2)cc1Cl. The fourth-order valence-electron chi connectivity index (χ4n) is 1.84. The number of halogens is 1. The van der Waals surface area contributed by atoms with Crippen LogP contribution >= 0.6 is 11.6 Å². The van der Waals surface area contributed by atoms with Crippen molar-refractivity contribution in [1.29, 1.82) is 0 Å². The molecule has 19 heavy (non-hydrogen) atoms. The molecule has 2 rings (SSSR count). The first-order chi connectivity index (χ1) is 8.99. The maximum absolute atomic E-state index is 12.1. The molecule has 0 saturated carbocycles. The lowest BCUT2D eigenvalue weighted by Gasteiger charge is -2.15. The summed E-state index contributed by atoms with van der Waals surface area (Å²) < 4.78 is 26.9. The number of rotatable bonds is 4. The molecule has 1 aliphatic heterocycles. The average molecular weight is 301 g/mol. The Kier molecular flexibility index (Phi) is 4.62. The molecule has 0 unspecified atom stereocenters. The van der Waals surface area contributed by atoms with Crippen molar-refractivity contribution in [3.63, 3.8) is 0 Å². The van der Waals surface area contributed by atoms with E-state index >= 15 is 0 Å². The Morgan fingerprint density at radius 1 is 1.42 bits per heavy atom. The summed E-state index contributed by atoms with van der Waals surface area (Å²) in [6.45, 7) is 3.89. The fourth-order valence-corrected chi connectivity index (χ4v) is 3.15. The van der Waals surface area contributed by atoms with Crippen LogP contribution in [0.25, 0.3) is 0 Å². The predicted molar refractivity (Wildman–Crippen MR) is 76.9 cm³/mol. The molecule has 1 aromatic carbocycles. The Labute approximate surface area is 118 Å². The van der Waals surface area contributed by atoms with Gasteiger partial charge in [-0.1, -0.05) is 29.3 Å². The van der Waals surface area contributed by atoms with E-state index in [2.05, 4.69) is 10.0 Å². The molecule has 1 aromatic rings. The minimum absolute atomic E-state index is 0.206. The monoisotopic (exact) mass is 300 g/mol. The zero-order valence-electron chi connectivity index (χ0n) is 10.7. The molecule has 104 valence electrons. The third-order valence-electron chi connectivity index (χ3n) is 3.10. The first-order valence-electron chi connectivity index (χ1n) is 6.13. The molecule has 0 radical (unpaired) electrons. The average Bonchev–Trinajstić information content (AvgIpc) is 2.41. The summed E-state index contributed by atoms with van der Waals surface area (Å²) in [5, 5.41) is 3.65. The van der Waals surface area contributed by atoms with Crippen LogP contribution in [-0.2, 0) is 10.0 Å². The van der Waals surface area contributed by atoms with Crippen molar-refractivity contribution in [2.75, 3.05) is 19.6 Å². The summed E-state index contributed by atoms with van der Waals surface area (Å²) in [4.78, 5) is 0.206. The smallest absolute Gasteiger partial charge is 0.240 e. The van der Waals surface area contributed by atoms with Gasteiger partial charge < -0.3 is 5.32 Å². The molecule has 6 heteroatoms. The van der Waals surface area contributed by atoms with Gasteiger partial charge in [0, 0.05) is 18.1 Å². The number of sulfonamides is 1. The molecule has 1 aliphatic rings. The normalized spacial score (nSPS) is 16.2. The topological polar surface area (TPSA) is 58.2 Å². The van der Waals surface area contributed by atoms with Crippen LogP contribution in [0.3, 0.4) is 0 Å². The Balaban J connectivity index is 2.09. The van der Waals surface area contributed by atoms with Gasteiger partial charge in [-0.2, -0.15) is 0 Å². The lowest BCUT2D eigenvalue weighted by Crippen LogP contribution is -2.29. The maximum Gasteiger partial charge on any atom is 0.240 e. The molecular weight excluding hydrogens is 284 g/mol. The zero-order chi connectivity index (χ0) is 13.9. The predicted octanol–water partition coefficient (Wildman–Crippen LogP) is 1.85. The van der Waals surface area contributed by atoms with Crippen LogP contribution in [-0.4, -0.2) is 28.1 Å². The van der Waals surface area contributed by atoms with Crippen molar-refractivity contribution >= 4 is 21.6 Å². The summed E-state index contributed by atoms with van der Waals surface area (Å²) in [6.07, 6.45) is 2.89. The van der Waals surface area contributed by atoms with Crippen LogP contribution < -0.4 is 10.0 Å². The Bertz CT molecular complexity index is 597. The third-order valence-corrected chi connectivity index (χ3v) is 4.91. The molecule has 0 saturated heterocycles. The van der Waals surface area contributed by atoms with Crippen LogP contribution in [0, 0.1) is 6.92 Å². The van der Waals surface area contributed by atoms with Crippen molar-refractivity contribution in [3.8, 4) is 0 Å². The fraction of sp³-hybridized carbons (Fsp3) is 0.385. The van der Waals surface area contributed by atoms with Crippen LogP contribution in [0.15, 0.2) is 34.7 Å². The van der Waals surface area contributed by atoms with E-state index in [-0.39, 0.29) is 4.90 Å². The zero-order valence-corrected chi connectivity index (χ0v) is 12.3. The largest absolute Gasteiger partial charge is 0.313 e.